The molecule has 6 heteroatoms. The molecule has 1 aromatic carbocycles. The molecule has 2 aliphatic rings. The van der Waals surface area contributed by atoms with Gasteiger partial charge in [-0.25, -0.2) is 0 Å². The predicted octanol–water partition coefficient (Wildman–Crippen LogP) is 3.31. The van der Waals surface area contributed by atoms with Crippen LogP contribution in [-0.2, 0) is 6.18 Å². The van der Waals surface area contributed by atoms with Gasteiger partial charge in [0.2, 0.25) is 0 Å². The Bertz CT molecular complexity index is 449. The maximum Gasteiger partial charge on any atom is 0.416 e. The second-order valence-corrected chi connectivity index (χ2v) is 4.48. The highest BCUT2D eigenvalue weighted by atomic mass is 35.5. The van der Waals surface area contributed by atoms with Crippen LogP contribution >= 0.6 is 12.4 Å². The summed E-state index contributed by atoms with van der Waals surface area (Å²) in [5.74, 6) is 0.586. The van der Waals surface area contributed by atoms with E-state index in [0.717, 1.165) is 25.5 Å². The highest BCUT2D eigenvalue weighted by Crippen LogP contribution is 2.42. The monoisotopic (exact) mass is 279 g/mol. The molecule has 2 atom stereocenters. The molecular formula is C12H13ClF3NO. The van der Waals surface area contributed by atoms with Crippen molar-refractivity contribution in [1.29, 1.82) is 0 Å². The number of nitrogens with one attached hydrogen (secondary N) is 1. The highest BCUT2D eigenvalue weighted by molar-refractivity contribution is 5.85. The Morgan fingerprint density at radius 3 is 2.78 bits per heavy atom. The van der Waals surface area contributed by atoms with Crippen molar-refractivity contribution < 1.29 is 17.9 Å². The molecule has 0 aliphatic carbocycles. The van der Waals surface area contributed by atoms with Crippen molar-refractivity contribution >= 4 is 12.4 Å². The van der Waals surface area contributed by atoms with E-state index in [2.05, 4.69) is 5.32 Å². The first-order valence-corrected chi connectivity index (χ1v) is 5.67. The molecule has 1 saturated heterocycles. The van der Waals surface area contributed by atoms with E-state index in [1.165, 1.54) is 12.1 Å². The van der Waals surface area contributed by atoms with Crippen LogP contribution in [0.15, 0.2) is 18.2 Å². The van der Waals surface area contributed by atoms with Crippen molar-refractivity contribution in [2.75, 3.05) is 6.54 Å². The summed E-state index contributed by atoms with van der Waals surface area (Å²) in [6.07, 6.45) is -2.40. The van der Waals surface area contributed by atoms with Crippen LogP contribution in [0.1, 0.15) is 30.0 Å². The molecule has 0 saturated carbocycles. The van der Waals surface area contributed by atoms with Gasteiger partial charge in [0.25, 0.3) is 0 Å². The van der Waals surface area contributed by atoms with E-state index in [9.17, 15) is 13.2 Å². The van der Waals surface area contributed by atoms with Crippen LogP contribution < -0.4 is 10.1 Å². The van der Waals surface area contributed by atoms with Gasteiger partial charge in [0, 0.05) is 5.56 Å². The molecule has 100 valence electrons. The molecule has 2 nitrogen and oxygen atoms in total. The Balaban J connectivity index is 0.00000120. The number of alkyl halides is 3. The van der Waals surface area contributed by atoms with Crippen LogP contribution in [0.5, 0.6) is 5.75 Å². The number of hydrogen-bond donors (Lipinski definition) is 1. The fourth-order valence-electron chi connectivity index (χ4n) is 2.53. The fourth-order valence-corrected chi connectivity index (χ4v) is 2.53. The van der Waals surface area contributed by atoms with Crippen LogP contribution in [0.4, 0.5) is 13.2 Å². The minimum atomic E-state index is -4.29. The molecule has 0 spiro atoms. The number of rotatable bonds is 0. The van der Waals surface area contributed by atoms with Gasteiger partial charge in [-0.15, -0.1) is 12.4 Å². The minimum Gasteiger partial charge on any atom is -0.488 e. The lowest BCUT2D eigenvalue weighted by atomic mass is 9.95. The molecule has 1 fully saturated rings. The summed E-state index contributed by atoms with van der Waals surface area (Å²) >= 11 is 0. The van der Waals surface area contributed by atoms with E-state index in [4.69, 9.17) is 4.74 Å². The van der Waals surface area contributed by atoms with Gasteiger partial charge >= 0.3 is 6.18 Å². The Hall–Kier alpha value is -0.940. The van der Waals surface area contributed by atoms with Crippen molar-refractivity contribution in [2.24, 2.45) is 0 Å². The molecule has 2 heterocycles. The van der Waals surface area contributed by atoms with Crippen molar-refractivity contribution in [1.82, 2.24) is 5.32 Å². The SMILES string of the molecule is Cl.FC(F)(F)c1ccc2c(c1)[C@@H]1NCCC[C@@H]1O2. The summed E-state index contributed by atoms with van der Waals surface area (Å²) in [5.41, 5.74) is 0.0393. The molecule has 1 N–H and O–H groups in total. The zero-order valence-electron chi connectivity index (χ0n) is 9.46. The highest BCUT2D eigenvalue weighted by Gasteiger charge is 2.39. The maximum atomic E-state index is 12.6. The van der Waals surface area contributed by atoms with E-state index in [0.29, 0.717) is 11.3 Å². The molecule has 2 aliphatic heterocycles. The predicted molar refractivity (Wildman–Crippen MR) is 63.1 cm³/mol. The molecular weight excluding hydrogens is 267 g/mol. The average molecular weight is 280 g/mol. The quantitative estimate of drug-likeness (QED) is 0.787. The van der Waals surface area contributed by atoms with Crippen molar-refractivity contribution in [3.05, 3.63) is 29.3 Å². The molecule has 0 amide bonds. The maximum absolute atomic E-state index is 12.6. The second kappa shape index (κ2) is 4.63. The molecule has 18 heavy (non-hydrogen) atoms. The van der Waals surface area contributed by atoms with Gasteiger partial charge in [0.05, 0.1) is 11.6 Å². The van der Waals surface area contributed by atoms with Gasteiger partial charge in [0.1, 0.15) is 11.9 Å². The van der Waals surface area contributed by atoms with E-state index < -0.39 is 11.7 Å². The first kappa shape index (κ1) is 13.5. The van der Waals surface area contributed by atoms with E-state index in [1.54, 1.807) is 0 Å². The van der Waals surface area contributed by atoms with E-state index >= 15 is 0 Å². The fraction of sp³-hybridized carbons (Fsp3) is 0.500. The van der Waals surface area contributed by atoms with Gasteiger partial charge in [-0.3, -0.25) is 0 Å². The van der Waals surface area contributed by atoms with Gasteiger partial charge < -0.3 is 10.1 Å². The molecule has 0 aromatic heterocycles. The Labute approximate surface area is 109 Å². The minimum absolute atomic E-state index is 0. The summed E-state index contributed by atoms with van der Waals surface area (Å²) < 4.78 is 43.5. The lowest BCUT2D eigenvalue weighted by Crippen LogP contribution is -2.36. The van der Waals surface area contributed by atoms with Crippen LogP contribution in [0.3, 0.4) is 0 Å². The zero-order chi connectivity index (χ0) is 12.0. The summed E-state index contributed by atoms with van der Waals surface area (Å²) in [7, 11) is 0. The number of piperidine rings is 1. The molecule has 0 radical (unpaired) electrons. The van der Waals surface area contributed by atoms with Gasteiger partial charge in [-0.2, -0.15) is 13.2 Å². The Morgan fingerprint density at radius 1 is 1.28 bits per heavy atom. The van der Waals surface area contributed by atoms with E-state index in [-0.39, 0.29) is 24.6 Å². The first-order valence-electron chi connectivity index (χ1n) is 5.67. The molecule has 1 aromatic rings. The van der Waals surface area contributed by atoms with Gasteiger partial charge in [-0.05, 0) is 37.6 Å². The van der Waals surface area contributed by atoms with Gasteiger partial charge in [-0.1, -0.05) is 0 Å². The first-order chi connectivity index (χ1) is 8.05. The third kappa shape index (κ3) is 2.17. The molecule has 3 rings (SSSR count). The standard InChI is InChI=1S/C12H12F3NO.ClH/c13-12(14,15)7-3-4-9-8(6-7)11-10(17-9)2-1-5-16-11;/h3-4,6,10-11,16H,1-2,5H2;1H/t10-,11-;/m0./s1. The third-order valence-electron chi connectivity index (χ3n) is 3.35. The molecule has 0 bridgehead atoms. The van der Waals surface area contributed by atoms with Crippen LogP contribution in [0.2, 0.25) is 0 Å². The van der Waals surface area contributed by atoms with Crippen molar-refractivity contribution in [3.8, 4) is 5.75 Å². The molecule has 0 unspecified atom stereocenters. The summed E-state index contributed by atoms with van der Waals surface area (Å²) in [4.78, 5) is 0. The van der Waals surface area contributed by atoms with E-state index in [1.807, 2.05) is 0 Å². The second-order valence-electron chi connectivity index (χ2n) is 4.48. The summed E-state index contributed by atoms with van der Waals surface area (Å²) in [5, 5.41) is 3.22. The van der Waals surface area contributed by atoms with Crippen molar-refractivity contribution in [2.45, 2.75) is 31.2 Å². The van der Waals surface area contributed by atoms with Crippen LogP contribution in [-0.4, -0.2) is 12.6 Å². The van der Waals surface area contributed by atoms with Crippen LogP contribution in [0, 0.1) is 0 Å². The number of ether oxygens (including phenoxy) is 1. The van der Waals surface area contributed by atoms with Crippen LogP contribution in [0.25, 0.3) is 0 Å². The average Bonchev–Trinajstić information content (AvgIpc) is 2.65. The Kier molecular flexibility index (Phi) is 3.47. The number of fused-ring (bicyclic) bond motifs is 3. The number of benzene rings is 1. The summed E-state index contributed by atoms with van der Waals surface area (Å²) in [6, 6.07) is 3.63. The van der Waals surface area contributed by atoms with Crippen molar-refractivity contribution in [3.63, 3.8) is 0 Å². The lowest BCUT2D eigenvalue weighted by Gasteiger charge is -2.25. The third-order valence-corrected chi connectivity index (χ3v) is 3.35. The zero-order valence-corrected chi connectivity index (χ0v) is 10.3. The number of hydrogen-bond acceptors (Lipinski definition) is 2. The summed E-state index contributed by atoms with van der Waals surface area (Å²) in [6.45, 7) is 0.834. The number of halogens is 4. The van der Waals surface area contributed by atoms with Gasteiger partial charge in [0.15, 0.2) is 0 Å². The lowest BCUT2D eigenvalue weighted by molar-refractivity contribution is -0.137. The smallest absolute Gasteiger partial charge is 0.416 e. The Morgan fingerprint density at radius 2 is 2.06 bits per heavy atom. The topological polar surface area (TPSA) is 21.3 Å². The largest absolute Gasteiger partial charge is 0.488 e. The normalized spacial score (nSPS) is 25.7.